The van der Waals surface area contributed by atoms with Crippen molar-refractivity contribution in [3.63, 3.8) is 0 Å². The van der Waals surface area contributed by atoms with Gasteiger partial charge in [0.05, 0.1) is 6.61 Å². The molecule has 1 spiro atoms. The van der Waals surface area contributed by atoms with Crippen LogP contribution in [0.3, 0.4) is 0 Å². The number of rotatable bonds is 3. The predicted molar refractivity (Wildman–Crippen MR) is 76.9 cm³/mol. The zero-order chi connectivity index (χ0) is 15.0. The predicted octanol–water partition coefficient (Wildman–Crippen LogP) is 1.83. The van der Waals surface area contributed by atoms with E-state index in [2.05, 4.69) is 5.32 Å². The van der Waals surface area contributed by atoms with E-state index >= 15 is 0 Å². The fourth-order valence-electron chi connectivity index (χ4n) is 3.24. The summed E-state index contributed by atoms with van der Waals surface area (Å²) in [5.41, 5.74) is 0.554. The van der Waals surface area contributed by atoms with Gasteiger partial charge in [0.1, 0.15) is 6.10 Å². The van der Waals surface area contributed by atoms with Crippen molar-refractivity contribution in [2.75, 3.05) is 19.9 Å². The van der Waals surface area contributed by atoms with Gasteiger partial charge in [0.25, 0.3) is 5.91 Å². The van der Waals surface area contributed by atoms with Crippen molar-refractivity contribution in [3.05, 3.63) is 23.8 Å². The van der Waals surface area contributed by atoms with Gasteiger partial charge in [-0.15, -0.1) is 0 Å². The standard InChI is InChI=1S/C16H19NO5/c18-15(11-3-4-13-14(7-11)20-10-19-13)17-8-12-9-21-16(22-12)5-1-2-6-16/h3-4,7,12H,1-2,5-6,8-10H2,(H,17,18). The van der Waals surface area contributed by atoms with Crippen LogP contribution in [-0.4, -0.2) is 37.7 Å². The van der Waals surface area contributed by atoms with Crippen molar-refractivity contribution in [1.82, 2.24) is 5.32 Å². The molecule has 2 heterocycles. The van der Waals surface area contributed by atoms with E-state index in [9.17, 15) is 4.79 Å². The molecule has 1 aromatic rings. The molecule has 3 aliphatic rings. The molecule has 1 aliphatic carbocycles. The van der Waals surface area contributed by atoms with Gasteiger partial charge in [0, 0.05) is 24.9 Å². The van der Waals surface area contributed by atoms with Crippen LogP contribution < -0.4 is 14.8 Å². The number of benzene rings is 1. The van der Waals surface area contributed by atoms with Crippen LogP contribution in [0, 0.1) is 0 Å². The average Bonchev–Trinajstić information content (AvgIpc) is 3.26. The lowest BCUT2D eigenvalue weighted by Crippen LogP contribution is -2.35. The molecule has 22 heavy (non-hydrogen) atoms. The molecule has 118 valence electrons. The number of hydrogen-bond donors (Lipinski definition) is 1. The molecule has 1 N–H and O–H groups in total. The van der Waals surface area contributed by atoms with E-state index in [0.29, 0.717) is 30.2 Å². The Morgan fingerprint density at radius 3 is 2.91 bits per heavy atom. The highest BCUT2D eigenvalue weighted by molar-refractivity contribution is 5.94. The fourth-order valence-corrected chi connectivity index (χ4v) is 3.24. The molecule has 4 rings (SSSR count). The number of hydrogen-bond acceptors (Lipinski definition) is 5. The van der Waals surface area contributed by atoms with Gasteiger partial charge in [-0.2, -0.15) is 0 Å². The summed E-state index contributed by atoms with van der Waals surface area (Å²) >= 11 is 0. The van der Waals surface area contributed by atoms with Gasteiger partial charge >= 0.3 is 0 Å². The van der Waals surface area contributed by atoms with Crippen molar-refractivity contribution in [2.45, 2.75) is 37.6 Å². The summed E-state index contributed by atoms with van der Waals surface area (Å²) in [5.74, 6) is 0.758. The first-order valence-corrected chi connectivity index (χ1v) is 7.74. The first kappa shape index (κ1) is 13.8. The Hall–Kier alpha value is -1.79. The van der Waals surface area contributed by atoms with E-state index < -0.39 is 0 Å². The monoisotopic (exact) mass is 305 g/mol. The summed E-state index contributed by atoms with van der Waals surface area (Å²) in [6.07, 6.45) is 4.14. The van der Waals surface area contributed by atoms with Crippen LogP contribution in [0.4, 0.5) is 0 Å². The molecule has 6 heteroatoms. The van der Waals surface area contributed by atoms with Crippen LogP contribution in [0.1, 0.15) is 36.0 Å². The van der Waals surface area contributed by atoms with Crippen LogP contribution in [0.25, 0.3) is 0 Å². The fraction of sp³-hybridized carbons (Fsp3) is 0.562. The normalized spacial score (nSPS) is 24.8. The van der Waals surface area contributed by atoms with E-state index in [1.54, 1.807) is 18.2 Å². The number of fused-ring (bicyclic) bond motifs is 1. The molecule has 2 aliphatic heterocycles. The van der Waals surface area contributed by atoms with Crippen LogP contribution >= 0.6 is 0 Å². The van der Waals surface area contributed by atoms with Gasteiger partial charge in [-0.05, 0) is 31.0 Å². The molecule has 0 radical (unpaired) electrons. The first-order valence-electron chi connectivity index (χ1n) is 7.74. The van der Waals surface area contributed by atoms with Crippen LogP contribution in [0.15, 0.2) is 18.2 Å². The molecule has 2 fully saturated rings. The summed E-state index contributed by atoms with van der Waals surface area (Å²) in [5, 5.41) is 2.90. The number of ether oxygens (including phenoxy) is 4. The molecular formula is C16H19NO5. The Labute approximate surface area is 128 Å². The molecule has 1 unspecified atom stereocenters. The lowest BCUT2D eigenvalue weighted by atomic mass is 10.2. The lowest BCUT2D eigenvalue weighted by Gasteiger charge is -2.21. The molecule has 1 saturated carbocycles. The minimum atomic E-state index is -0.381. The first-order chi connectivity index (χ1) is 10.7. The Morgan fingerprint density at radius 1 is 1.23 bits per heavy atom. The second kappa shape index (κ2) is 5.44. The smallest absolute Gasteiger partial charge is 0.251 e. The Kier molecular flexibility index (Phi) is 3.43. The van der Waals surface area contributed by atoms with Crippen molar-refractivity contribution in [1.29, 1.82) is 0 Å². The van der Waals surface area contributed by atoms with Gasteiger partial charge in [-0.3, -0.25) is 4.79 Å². The molecule has 6 nitrogen and oxygen atoms in total. The highest BCUT2D eigenvalue weighted by Gasteiger charge is 2.43. The third-order valence-electron chi connectivity index (χ3n) is 4.40. The topological polar surface area (TPSA) is 66.0 Å². The summed E-state index contributed by atoms with van der Waals surface area (Å²) in [7, 11) is 0. The van der Waals surface area contributed by atoms with Gasteiger partial charge in [-0.1, -0.05) is 0 Å². The second-order valence-corrected chi connectivity index (χ2v) is 5.95. The maximum absolute atomic E-state index is 12.2. The van der Waals surface area contributed by atoms with Crippen molar-refractivity contribution >= 4 is 5.91 Å². The number of carbonyl (C=O) groups is 1. The second-order valence-electron chi connectivity index (χ2n) is 5.95. The van der Waals surface area contributed by atoms with E-state index in [-0.39, 0.29) is 24.6 Å². The summed E-state index contributed by atoms with van der Waals surface area (Å²) in [6, 6.07) is 5.18. The van der Waals surface area contributed by atoms with E-state index in [4.69, 9.17) is 18.9 Å². The van der Waals surface area contributed by atoms with Crippen LogP contribution in [0.2, 0.25) is 0 Å². The minimum absolute atomic E-state index is 0.0731. The summed E-state index contributed by atoms with van der Waals surface area (Å²) in [6.45, 7) is 1.20. The maximum Gasteiger partial charge on any atom is 0.251 e. The largest absolute Gasteiger partial charge is 0.454 e. The van der Waals surface area contributed by atoms with E-state index in [1.807, 2.05) is 0 Å². The van der Waals surface area contributed by atoms with Crippen molar-refractivity contribution in [2.24, 2.45) is 0 Å². The molecular weight excluding hydrogens is 286 g/mol. The quantitative estimate of drug-likeness (QED) is 0.923. The summed E-state index contributed by atoms with van der Waals surface area (Å²) in [4.78, 5) is 12.2. The molecule has 0 bridgehead atoms. The highest BCUT2D eigenvalue weighted by Crippen LogP contribution is 2.39. The van der Waals surface area contributed by atoms with Gasteiger partial charge in [-0.25, -0.2) is 0 Å². The van der Waals surface area contributed by atoms with Crippen molar-refractivity contribution < 1.29 is 23.7 Å². The molecule has 1 saturated heterocycles. The summed E-state index contributed by atoms with van der Waals surface area (Å²) < 4.78 is 22.3. The van der Waals surface area contributed by atoms with Gasteiger partial charge in [0.2, 0.25) is 6.79 Å². The van der Waals surface area contributed by atoms with E-state index in [1.165, 1.54) is 0 Å². The zero-order valence-corrected chi connectivity index (χ0v) is 12.3. The SMILES string of the molecule is O=C(NCC1COC2(CCCC2)O1)c1ccc2c(c1)OCO2. The van der Waals surface area contributed by atoms with Crippen LogP contribution in [-0.2, 0) is 9.47 Å². The van der Waals surface area contributed by atoms with Gasteiger partial charge in [0.15, 0.2) is 17.3 Å². The van der Waals surface area contributed by atoms with Crippen molar-refractivity contribution in [3.8, 4) is 11.5 Å². The molecule has 1 aromatic carbocycles. The highest BCUT2D eigenvalue weighted by atomic mass is 16.7. The number of carbonyl (C=O) groups excluding carboxylic acids is 1. The number of amides is 1. The van der Waals surface area contributed by atoms with Gasteiger partial charge < -0.3 is 24.3 Å². The third-order valence-corrected chi connectivity index (χ3v) is 4.40. The minimum Gasteiger partial charge on any atom is -0.454 e. The van der Waals surface area contributed by atoms with E-state index in [0.717, 1.165) is 25.7 Å². The average molecular weight is 305 g/mol. The van der Waals surface area contributed by atoms with Crippen LogP contribution in [0.5, 0.6) is 11.5 Å². The third kappa shape index (κ3) is 2.53. The molecule has 1 amide bonds. The Bertz CT molecular complexity index is 582. The molecule has 0 aromatic heterocycles. The Balaban J connectivity index is 1.33. The zero-order valence-electron chi connectivity index (χ0n) is 12.3. The number of nitrogens with one attached hydrogen (secondary N) is 1. The molecule has 1 atom stereocenters. The lowest BCUT2D eigenvalue weighted by molar-refractivity contribution is -0.161. The maximum atomic E-state index is 12.2. The Morgan fingerprint density at radius 2 is 2.05 bits per heavy atom.